The van der Waals surface area contributed by atoms with Gasteiger partial charge >= 0.3 is 0 Å². The van der Waals surface area contributed by atoms with Gasteiger partial charge in [0.2, 0.25) is 0 Å². The van der Waals surface area contributed by atoms with Crippen LogP contribution in [0.1, 0.15) is 0 Å². The Kier molecular flexibility index (Phi) is 1.62. The number of hydrogen-bond donors (Lipinski definition) is 0. The van der Waals surface area contributed by atoms with E-state index in [-0.39, 0.29) is 0 Å². The standard InChI is InChI=1S/C7H4BrClN2/c8-6-3-10-7-2-1-5(9)4-11(6)7/h1-4H. The summed E-state index contributed by atoms with van der Waals surface area (Å²) < 4.78 is 2.79. The highest BCUT2D eigenvalue weighted by molar-refractivity contribution is 9.10. The zero-order valence-corrected chi connectivity index (χ0v) is 7.80. The molecule has 2 rings (SSSR count). The zero-order chi connectivity index (χ0) is 7.84. The van der Waals surface area contributed by atoms with Crippen molar-refractivity contribution in [3.05, 3.63) is 34.2 Å². The fraction of sp³-hybridized carbons (Fsp3) is 0. The van der Waals surface area contributed by atoms with Crippen LogP contribution < -0.4 is 0 Å². The molecule has 0 N–H and O–H groups in total. The Balaban J connectivity index is 2.87. The summed E-state index contributed by atoms with van der Waals surface area (Å²) in [6.07, 6.45) is 3.56. The average Bonchev–Trinajstić information content (AvgIpc) is 2.33. The zero-order valence-electron chi connectivity index (χ0n) is 5.46. The monoisotopic (exact) mass is 230 g/mol. The number of fused-ring (bicyclic) bond motifs is 1. The minimum atomic E-state index is 0.705. The van der Waals surface area contributed by atoms with Gasteiger partial charge in [-0.2, -0.15) is 0 Å². The highest BCUT2D eigenvalue weighted by Gasteiger charge is 1.98. The minimum Gasteiger partial charge on any atom is -0.293 e. The van der Waals surface area contributed by atoms with E-state index in [9.17, 15) is 0 Å². The van der Waals surface area contributed by atoms with Gasteiger partial charge in [0.05, 0.1) is 11.2 Å². The van der Waals surface area contributed by atoms with Crippen molar-refractivity contribution in [1.29, 1.82) is 0 Å². The molecule has 0 aliphatic rings. The fourth-order valence-corrected chi connectivity index (χ4v) is 1.47. The molecule has 0 fully saturated rings. The number of aromatic nitrogens is 2. The summed E-state index contributed by atoms with van der Waals surface area (Å²) in [4.78, 5) is 4.12. The van der Waals surface area contributed by atoms with Crippen LogP contribution in [0.4, 0.5) is 0 Å². The van der Waals surface area contributed by atoms with Crippen molar-refractivity contribution in [3.63, 3.8) is 0 Å². The Labute approximate surface area is 76.9 Å². The van der Waals surface area contributed by atoms with Gasteiger partial charge in [0.1, 0.15) is 10.3 Å². The first-order valence-corrected chi connectivity index (χ1v) is 4.22. The summed E-state index contributed by atoms with van der Waals surface area (Å²) >= 11 is 9.12. The molecule has 2 aromatic rings. The first kappa shape index (κ1) is 7.13. The van der Waals surface area contributed by atoms with Crippen LogP contribution in [0.25, 0.3) is 5.65 Å². The summed E-state index contributed by atoms with van der Waals surface area (Å²) in [5.41, 5.74) is 0.890. The number of rotatable bonds is 0. The third-order valence-corrected chi connectivity index (χ3v) is 2.23. The van der Waals surface area contributed by atoms with E-state index in [2.05, 4.69) is 20.9 Å². The first-order valence-electron chi connectivity index (χ1n) is 3.05. The van der Waals surface area contributed by atoms with Gasteiger partial charge in [-0.3, -0.25) is 4.40 Å². The number of hydrogen-bond acceptors (Lipinski definition) is 1. The van der Waals surface area contributed by atoms with Gasteiger partial charge in [-0.05, 0) is 28.1 Å². The van der Waals surface area contributed by atoms with E-state index in [0.29, 0.717) is 5.02 Å². The van der Waals surface area contributed by atoms with Crippen LogP contribution in [0.15, 0.2) is 29.1 Å². The van der Waals surface area contributed by atoms with E-state index in [1.54, 1.807) is 6.20 Å². The molecule has 0 radical (unpaired) electrons. The van der Waals surface area contributed by atoms with Crippen molar-refractivity contribution in [2.45, 2.75) is 0 Å². The van der Waals surface area contributed by atoms with Gasteiger partial charge < -0.3 is 0 Å². The first-order chi connectivity index (χ1) is 5.27. The molecule has 4 heteroatoms. The van der Waals surface area contributed by atoms with E-state index < -0.39 is 0 Å². The summed E-state index contributed by atoms with van der Waals surface area (Å²) in [5.74, 6) is 0. The Hall–Kier alpha value is -0.540. The molecule has 0 saturated heterocycles. The van der Waals surface area contributed by atoms with Crippen LogP contribution in [0, 0.1) is 0 Å². The lowest BCUT2D eigenvalue weighted by atomic mass is 10.5. The lowest BCUT2D eigenvalue weighted by molar-refractivity contribution is 1.15. The second-order valence-electron chi connectivity index (χ2n) is 2.16. The van der Waals surface area contributed by atoms with Crippen molar-refractivity contribution in [2.24, 2.45) is 0 Å². The van der Waals surface area contributed by atoms with E-state index in [0.717, 1.165) is 10.3 Å². The maximum Gasteiger partial charge on any atom is 0.137 e. The quantitative estimate of drug-likeness (QED) is 0.681. The maximum atomic E-state index is 5.78. The van der Waals surface area contributed by atoms with Crippen molar-refractivity contribution in [2.75, 3.05) is 0 Å². The third kappa shape index (κ3) is 1.14. The molecule has 11 heavy (non-hydrogen) atoms. The molecular weight excluding hydrogens is 227 g/mol. The molecule has 2 aromatic heterocycles. The third-order valence-electron chi connectivity index (χ3n) is 1.42. The lowest BCUT2D eigenvalue weighted by Gasteiger charge is -1.94. The summed E-state index contributed by atoms with van der Waals surface area (Å²) in [6, 6.07) is 3.68. The van der Waals surface area contributed by atoms with E-state index in [4.69, 9.17) is 11.6 Å². The van der Waals surface area contributed by atoms with Crippen molar-refractivity contribution >= 4 is 33.2 Å². The van der Waals surface area contributed by atoms with Crippen LogP contribution in [0.3, 0.4) is 0 Å². The normalized spacial score (nSPS) is 10.7. The molecule has 0 atom stereocenters. The van der Waals surface area contributed by atoms with Gasteiger partial charge in [-0.1, -0.05) is 11.6 Å². The van der Waals surface area contributed by atoms with Gasteiger partial charge in [-0.15, -0.1) is 0 Å². The summed E-state index contributed by atoms with van der Waals surface area (Å²) in [7, 11) is 0. The SMILES string of the molecule is Clc1ccc2ncc(Br)n2c1. The van der Waals surface area contributed by atoms with Crippen LogP contribution in [0.5, 0.6) is 0 Å². The van der Waals surface area contributed by atoms with Crippen molar-refractivity contribution < 1.29 is 0 Å². The molecule has 0 amide bonds. The molecule has 2 nitrogen and oxygen atoms in total. The highest BCUT2D eigenvalue weighted by atomic mass is 79.9. The Morgan fingerprint density at radius 2 is 2.27 bits per heavy atom. The van der Waals surface area contributed by atoms with E-state index in [1.807, 2.05) is 22.7 Å². The second kappa shape index (κ2) is 2.50. The van der Waals surface area contributed by atoms with E-state index >= 15 is 0 Å². The number of imidazole rings is 1. The molecule has 0 spiro atoms. The highest BCUT2D eigenvalue weighted by Crippen LogP contribution is 2.16. The van der Waals surface area contributed by atoms with Crippen LogP contribution >= 0.6 is 27.5 Å². The molecule has 0 saturated carbocycles. The largest absolute Gasteiger partial charge is 0.293 e. The predicted molar refractivity (Wildman–Crippen MR) is 47.9 cm³/mol. The van der Waals surface area contributed by atoms with E-state index in [1.165, 1.54) is 0 Å². The number of nitrogens with zero attached hydrogens (tertiary/aromatic N) is 2. The van der Waals surface area contributed by atoms with Gasteiger partial charge in [0, 0.05) is 6.20 Å². The molecule has 56 valence electrons. The predicted octanol–water partition coefficient (Wildman–Crippen LogP) is 2.75. The Bertz CT molecular complexity index is 396. The van der Waals surface area contributed by atoms with Crippen molar-refractivity contribution in [1.82, 2.24) is 9.38 Å². The maximum absolute atomic E-state index is 5.78. The van der Waals surface area contributed by atoms with Crippen LogP contribution in [-0.4, -0.2) is 9.38 Å². The molecule has 0 aliphatic carbocycles. The molecule has 0 aliphatic heterocycles. The minimum absolute atomic E-state index is 0.705. The Morgan fingerprint density at radius 1 is 1.45 bits per heavy atom. The molecule has 0 unspecified atom stereocenters. The molecule has 2 heterocycles. The molecule has 0 bridgehead atoms. The van der Waals surface area contributed by atoms with Crippen LogP contribution in [0.2, 0.25) is 5.02 Å². The van der Waals surface area contributed by atoms with Gasteiger partial charge in [-0.25, -0.2) is 4.98 Å². The van der Waals surface area contributed by atoms with Gasteiger partial charge in [0.15, 0.2) is 0 Å². The van der Waals surface area contributed by atoms with Crippen molar-refractivity contribution in [3.8, 4) is 0 Å². The number of pyridine rings is 1. The number of halogens is 2. The topological polar surface area (TPSA) is 17.3 Å². The Morgan fingerprint density at radius 3 is 3.09 bits per heavy atom. The molecule has 0 aromatic carbocycles. The molecular formula is C7H4BrClN2. The summed E-state index contributed by atoms with van der Waals surface area (Å²) in [6.45, 7) is 0. The fourth-order valence-electron chi connectivity index (χ4n) is 0.925. The second-order valence-corrected chi connectivity index (χ2v) is 3.41. The average molecular weight is 231 g/mol. The summed E-state index contributed by atoms with van der Waals surface area (Å²) in [5, 5.41) is 0.705. The van der Waals surface area contributed by atoms with Gasteiger partial charge in [0.25, 0.3) is 0 Å². The lowest BCUT2D eigenvalue weighted by Crippen LogP contribution is -1.82. The smallest absolute Gasteiger partial charge is 0.137 e. The van der Waals surface area contributed by atoms with Crippen LogP contribution in [-0.2, 0) is 0 Å².